The van der Waals surface area contributed by atoms with E-state index in [-0.39, 0.29) is 24.6 Å². The lowest BCUT2D eigenvalue weighted by Gasteiger charge is -2.20. The van der Waals surface area contributed by atoms with Crippen molar-refractivity contribution in [3.8, 4) is 0 Å². The number of nitro groups is 1. The number of non-ortho nitro benzene ring substituents is 1. The van der Waals surface area contributed by atoms with Crippen molar-refractivity contribution >= 4 is 39.2 Å². The summed E-state index contributed by atoms with van der Waals surface area (Å²) in [6.45, 7) is 1.72. The Balaban J connectivity index is 2.41. The topological polar surface area (TPSA) is 101 Å². The highest BCUT2D eigenvalue weighted by molar-refractivity contribution is 9.10. The number of halogens is 1. The molecule has 0 spiro atoms. The van der Waals surface area contributed by atoms with E-state index in [2.05, 4.69) is 15.9 Å². The molecule has 1 heterocycles. The maximum absolute atomic E-state index is 11.9. The molecule has 0 saturated carbocycles. The molecule has 20 heavy (non-hydrogen) atoms. The molecule has 1 N–H and O–H groups in total. The van der Waals surface area contributed by atoms with Gasteiger partial charge >= 0.3 is 5.97 Å². The van der Waals surface area contributed by atoms with Gasteiger partial charge in [-0.15, -0.1) is 0 Å². The smallest absolute Gasteiger partial charge is 0.308 e. The summed E-state index contributed by atoms with van der Waals surface area (Å²) < 4.78 is 0.406. The SMILES string of the molecule is Cc1cc([N+](=O)[O-])cc(Br)c1N1CC(C(=O)O)CC1=O. The average Bonchev–Trinajstić information content (AvgIpc) is 2.70. The molecule has 1 atom stereocenters. The van der Waals surface area contributed by atoms with Crippen LogP contribution in [0.15, 0.2) is 16.6 Å². The molecule has 1 unspecified atom stereocenters. The highest BCUT2D eigenvalue weighted by Gasteiger charge is 2.36. The molecule has 8 heteroatoms. The number of aryl methyl sites for hydroxylation is 1. The van der Waals surface area contributed by atoms with Crippen LogP contribution in [-0.4, -0.2) is 28.5 Å². The first kappa shape index (κ1) is 14.4. The van der Waals surface area contributed by atoms with Gasteiger partial charge in [-0.05, 0) is 28.4 Å². The fraction of sp³-hybridized carbons (Fsp3) is 0.333. The number of hydrogen-bond acceptors (Lipinski definition) is 4. The largest absolute Gasteiger partial charge is 0.481 e. The van der Waals surface area contributed by atoms with Crippen LogP contribution in [0.5, 0.6) is 0 Å². The molecule has 1 aromatic carbocycles. The van der Waals surface area contributed by atoms with Gasteiger partial charge in [-0.25, -0.2) is 0 Å². The van der Waals surface area contributed by atoms with Gasteiger partial charge in [-0.2, -0.15) is 0 Å². The molecule has 1 fully saturated rings. The minimum Gasteiger partial charge on any atom is -0.481 e. The zero-order valence-electron chi connectivity index (χ0n) is 10.5. The van der Waals surface area contributed by atoms with Gasteiger partial charge in [-0.1, -0.05) is 0 Å². The lowest BCUT2D eigenvalue weighted by molar-refractivity contribution is -0.385. The van der Waals surface area contributed by atoms with Crippen LogP contribution in [0.3, 0.4) is 0 Å². The molecule has 1 saturated heterocycles. The number of nitro benzene ring substituents is 1. The molecule has 2 rings (SSSR count). The molecular formula is C12H11BrN2O5. The van der Waals surface area contributed by atoms with Gasteiger partial charge in [-0.3, -0.25) is 19.7 Å². The zero-order chi connectivity index (χ0) is 15.0. The summed E-state index contributed by atoms with van der Waals surface area (Å²) in [5, 5.41) is 19.7. The Bertz CT molecular complexity index is 593. The van der Waals surface area contributed by atoms with Crippen LogP contribution < -0.4 is 4.90 Å². The number of rotatable bonds is 3. The van der Waals surface area contributed by atoms with Gasteiger partial charge in [0.15, 0.2) is 0 Å². The van der Waals surface area contributed by atoms with E-state index in [1.165, 1.54) is 17.0 Å². The number of carboxylic acid groups (broad SMARTS) is 1. The second-order valence-corrected chi connectivity index (χ2v) is 5.45. The van der Waals surface area contributed by atoms with Gasteiger partial charge in [0.1, 0.15) is 0 Å². The van der Waals surface area contributed by atoms with Crippen LogP contribution in [-0.2, 0) is 9.59 Å². The molecule has 0 aliphatic carbocycles. The molecule has 1 aromatic rings. The van der Waals surface area contributed by atoms with Crippen LogP contribution in [0.25, 0.3) is 0 Å². The molecule has 1 aliphatic heterocycles. The van der Waals surface area contributed by atoms with Crippen LogP contribution in [0, 0.1) is 23.0 Å². The fourth-order valence-corrected chi connectivity index (χ4v) is 3.02. The monoisotopic (exact) mass is 342 g/mol. The minimum atomic E-state index is -1.02. The summed E-state index contributed by atoms with van der Waals surface area (Å²) in [6, 6.07) is 2.67. The Morgan fingerprint density at radius 1 is 1.55 bits per heavy atom. The maximum Gasteiger partial charge on any atom is 0.308 e. The van der Waals surface area contributed by atoms with E-state index in [0.29, 0.717) is 15.7 Å². The summed E-state index contributed by atoms with van der Waals surface area (Å²) in [7, 11) is 0. The van der Waals surface area contributed by atoms with Gasteiger partial charge in [0.2, 0.25) is 5.91 Å². The van der Waals surface area contributed by atoms with Gasteiger partial charge in [0, 0.05) is 29.6 Å². The van der Waals surface area contributed by atoms with E-state index in [0.717, 1.165) is 0 Å². The molecule has 7 nitrogen and oxygen atoms in total. The Morgan fingerprint density at radius 2 is 2.20 bits per heavy atom. The second kappa shape index (κ2) is 5.20. The summed E-state index contributed by atoms with van der Waals surface area (Å²) >= 11 is 3.21. The van der Waals surface area contributed by atoms with E-state index >= 15 is 0 Å². The highest BCUT2D eigenvalue weighted by Crippen LogP contribution is 2.37. The van der Waals surface area contributed by atoms with Crippen LogP contribution in [0.1, 0.15) is 12.0 Å². The number of carboxylic acids is 1. The molecule has 106 valence electrons. The van der Waals surface area contributed by atoms with Gasteiger partial charge < -0.3 is 10.0 Å². The van der Waals surface area contributed by atoms with E-state index in [9.17, 15) is 19.7 Å². The van der Waals surface area contributed by atoms with Crippen molar-refractivity contribution in [3.63, 3.8) is 0 Å². The molecule has 1 amide bonds. The number of anilines is 1. The van der Waals surface area contributed by atoms with Crippen molar-refractivity contribution in [3.05, 3.63) is 32.3 Å². The fourth-order valence-electron chi connectivity index (χ4n) is 2.25. The number of amides is 1. The van der Waals surface area contributed by atoms with Crippen molar-refractivity contribution in [1.82, 2.24) is 0 Å². The summed E-state index contributed by atoms with van der Waals surface area (Å²) in [6.07, 6.45) is -0.0573. The highest BCUT2D eigenvalue weighted by atomic mass is 79.9. The van der Waals surface area contributed by atoms with Crippen molar-refractivity contribution in [2.24, 2.45) is 5.92 Å². The molecule has 0 radical (unpaired) electrons. The third kappa shape index (κ3) is 2.51. The van der Waals surface area contributed by atoms with E-state index in [4.69, 9.17) is 5.11 Å². The van der Waals surface area contributed by atoms with Crippen LogP contribution >= 0.6 is 15.9 Å². The van der Waals surface area contributed by atoms with Crippen molar-refractivity contribution < 1.29 is 19.6 Å². The van der Waals surface area contributed by atoms with E-state index in [1.54, 1.807) is 6.92 Å². The first-order valence-corrected chi connectivity index (χ1v) is 6.58. The van der Waals surface area contributed by atoms with Crippen molar-refractivity contribution in [2.75, 3.05) is 11.4 Å². The Labute approximate surface area is 122 Å². The Morgan fingerprint density at radius 3 is 2.65 bits per heavy atom. The second-order valence-electron chi connectivity index (χ2n) is 4.59. The lowest BCUT2D eigenvalue weighted by Crippen LogP contribution is -2.27. The minimum absolute atomic E-state index is 0.0573. The first-order valence-electron chi connectivity index (χ1n) is 5.79. The molecular weight excluding hydrogens is 332 g/mol. The quantitative estimate of drug-likeness (QED) is 0.669. The van der Waals surface area contributed by atoms with Crippen molar-refractivity contribution in [1.29, 1.82) is 0 Å². The third-order valence-electron chi connectivity index (χ3n) is 3.19. The lowest BCUT2D eigenvalue weighted by atomic mass is 10.1. The van der Waals surface area contributed by atoms with Crippen LogP contribution in [0.4, 0.5) is 11.4 Å². The Kier molecular flexibility index (Phi) is 3.76. The van der Waals surface area contributed by atoms with Crippen molar-refractivity contribution in [2.45, 2.75) is 13.3 Å². The van der Waals surface area contributed by atoms with Gasteiger partial charge in [0.05, 0.1) is 16.5 Å². The predicted molar refractivity (Wildman–Crippen MR) is 73.6 cm³/mol. The number of carbonyl (C=O) groups excluding carboxylic acids is 1. The molecule has 0 aromatic heterocycles. The summed E-state index contributed by atoms with van der Waals surface area (Å²) in [5.41, 5.74) is 0.953. The molecule has 0 bridgehead atoms. The number of carbonyl (C=O) groups is 2. The summed E-state index contributed by atoms with van der Waals surface area (Å²) in [5.74, 6) is -2.06. The standard InChI is InChI=1S/C12H11BrN2O5/c1-6-2-8(15(19)20)4-9(13)11(6)14-5-7(12(17)18)3-10(14)16/h2,4,7H,3,5H2,1H3,(H,17,18). The van der Waals surface area contributed by atoms with Crippen LogP contribution in [0.2, 0.25) is 0 Å². The average molecular weight is 343 g/mol. The van der Waals surface area contributed by atoms with E-state index < -0.39 is 16.8 Å². The number of benzene rings is 1. The number of nitrogens with zero attached hydrogens (tertiary/aromatic N) is 2. The van der Waals surface area contributed by atoms with Gasteiger partial charge in [0.25, 0.3) is 5.69 Å². The Hall–Kier alpha value is -1.96. The third-order valence-corrected chi connectivity index (χ3v) is 3.80. The zero-order valence-corrected chi connectivity index (χ0v) is 12.1. The number of hydrogen-bond donors (Lipinski definition) is 1. The van der Waals surface area contributed by atoms with E-state index in [1.807, 2.05) is 0 Å². The maximum atomic E-state index is 11.9. The first-order chi connectivity index (χ1) is 9.31. The normalized spacial score (nSPS) is 18.4. The summed E-state index contributed by atoms with van der Waals surface area (Å²) in [4.78, 5) is 34.5. The number of aliphatic carboxylic acids is 1. The predicted octanol–water partition coefficient (Wildman–Crippen LogP) is 2.10. The molecule has 1 aliphatic rings.